The van der Waals surface area contributed by atoms with Gasteiger partial charge in [0.1, 0.15) is 5.75 Å². The van der Waals surface area contributed by atoms with Crippen LogP contribution in [-0.4, -0.2) is 45.9 Å². The van der Waals surface area contributed by atoms with E-state index < -0.39 is 6.03 Å². The number of benzene rings is 3. The monoisotopic (exact) mass is 488 g/mol. The Balaban J connectivity index is 1.54. The minimum atomic E-state index is -0.425. The molecule has 0 fully saturated rings. The Kier molecular flexibility index (Phi) is 8.41. The molecule has 8 nitrogen and oxygen atoms in total. The molecule has 1 aliphatic rings. The molecule has 3 N–H and O–H groups in total. The van der Waals surface area contributed by atoms with E-state index in [0.717, 1.165) is 25.2 Å². The number of nitrogens with one attached hydrogen (secondary N) is 3. The number of carbonyl (C=O) groups excluding carboxylic acids is 2. The van der Waals surface area contributed by atoms with E-state index in [9.17, 15) is 9.59 Å². The molecule has 188 valence electrons. The fraction of sp³-hybridized carbons (Fsp3) is 0.286. The maximum absolute atomic E-state index is 13.2. The molecule has 0 saturated heterocycles. The topological polar surface area (TPSA) is 91.9 Å². The maximum atomic E-state index is 13.2. The van der Waals surface area contributed by atoms with Gasteiger partial charge in [0.15, 0.2) is 0 Å². The van der Waals surface area contributed by atoms with Gasteiger partial charge in [-0.25, -0.2) is 4.79 Å². The summed E-state index contributed by atoms with van der Waals surface area (Å²) in [5, 5.41) is 8.61. The van der Waals surface area contributed by atoms with Crippen molar-refractivity contribution in [3.05, 3.63) is 83.4 Å². The summed E-state index contributed by atoms with van der Waals surface area (Å²) >= 11 is 0. The third-order valence-corrected chi connectivity index (χ3v) is 6.14. The van der Waals surface area contributed by atoms with Gasteiger partial charge in [0.05, 0.1) is 18.4 Å². The number of hydrogen-bond acceptors (Lipinski definition) is 5. The van der Waals surface area contributed by atoms with Crippen molar-refractivity contribution in [2.75, 3.05) is 49.4 Å². The van der Waals surface area contributed by atoms with Gasteiger partial charge >= 0.3 is 6.03 Å². The Morgan fingerprint density at radius 1 is 0.944 bits per heavy atom. The minimum Gasteiger partial charge on any atom is -0.495 e. The van der Waals surface area contributed by atoms with Crippen molar-refractivity contribution in [1.29, 1.82) is 0 Å². The lowest BCUT2D eigenvalue weighted by Crippen LogP contribution is -2.33. The molecule has 0 bridgehead atoms. The molecular formula is C28H32N4O4. The molecule has 0 aromatic heterocycles. The molecule has 0 aliphatic carbocycles. The third kappa shape index (κ3) is 6.14. The molecule has 4 rings (SSSR count). The normalized spacial score (nSPS) is 12.4. The van der Waals surface area contributed by atoms with Gasteiger partial charge in [0.25, 0.3) is 5.91 Å². The van der Waals surface area contributed by atoms with Crippen molar-refractivity contribution in [3.8, 4) is 5.75 Å². The molecule has 3 aromatic carbocycles. The number of amides is 3. The van der Waals surface area contributed by atoms with Gasteiger partial charge in [-0.1, -0.05) is 36.4 Å². The Labute approximate surface area is 211 Å². The Morgan fingerprint density at radius 2 is 1.72 bits per heavy atom. The van der Waals surface area contributed by atoms with E-state index in [1.54, 1.807) is 32.4 Å². The second kappa shape index (κ2) is 12.1. The zero-order valence-corrected chi connectivity index (χ0v) is 20.7. The van der Waals surface area contributed by atoms with Gasteiger partial charge in [-0.15, -0.1) is 0 Å². The SMILES string of the molecule is COCCCNC(=O)c1cc(NC(=O)Nc2ccccc2OC)ccc1N1CCc2ccccc2C1. The highest BCUT2D eigenvalue weighted by Gasteiger charge is 2.22. The quantitative estimate of drug-likeness (QED) is 0.381. The lowest BCUT2D eigenvalue weighted by molar-refractivity contribution is 0.0949. The molecule has 0 radical (unpaired) electrons. The van der Waals surface area contributed by atoms with Crippen LogP contribution < -0.4 is 25.6 Å². The molecule has 36 heavy (non-hydrogen) atoms. The number of fused-ring (bicyclic) bond motifs is 1. The van der Waals surface area contributed by atoms with E-state index in [0.29, 0.717) is 42.3 Å². The average molecular weight is 489 g/mol. The molecule has 0 spiro atoms. The predicted octanol–water partition coefficient (Wildman–Crippen LogP) is 4.67. The first-order chi connectivity index (χ1) is 17.6. The van der Waals surface area contributed by atoms with Crippen LogP contribution in [-0.2, 0) is 17.7 Å². The van der Waals surface area contributed by atoms with Gasteiger partial charge in [0, 0.05) is 44.7 Å². The van der Waals surface area contributed by atoms with Crippen LogP contribution in [0.1, 0.15) is 27.9 Å². The number of rotatable bonds is 9. The molecule has 0 saturated carbocycles. The first-order valence-electron chi connectivity index (χ1n) is 12.0. The fourth-order valence-electron chi connectivity index (χ4n) is 4.32. The van der Waals surface area contributed by atoms with Crippen LogP contribution in [0.4, 0.5) is 21.9 Å². The van der Waals surface area contributed by atoms with Gasteiger partial charge in [0.2, 0.25) is 0 Å². The maximum Gasteiger partial charge on any atom is 0.323 e. The molecule has 1 heterocycles. The number of carbonyl (C=O) groups is 2. The fourth-order valence-corrected chi connectivity index (χ4v) is 4.32. The van der Waals surface area contributed by atoms with E-state index >= 15 is 0 Å². The summed E-state index contributed by atoms with van der Waals surface area (Å²) in [6, 6.07) is 20.6. The van der Waals surface area contributed by atoms with E-state index in [-0.39, 0.29) is 5.91 Å². The molecular weight excluding hydrogens is 456 g/mol. The summed E-state index contributed by atoms with van der Waals surface area (Å²) in [5.74, 6) is 0.373. The number of nitrogens with zero attached hydrogens (tertiary/aromatic N) is 1. The van der Waals surface area contributed by atoms with Crippen LogP contribution in [0.25, 0.3) is 0 Å². The first kappa shape index (κ1) is 25.1. The molecule has 0 unspecified atom stereocenters. The Morgan fingerprint density at radius 3 is 2.53 bits per heavy atom. The van der Waals surface area contributed by atoms with Crippen LogP contribution >= 0.6 is 0 Å². The zero-order chi connectivity index (χ0) is 25.3. The van der Waals surface area contributed by atoms with Crippen molar-refractivity contribution in [1.82, 2.24) is 5.32 Å². The summed E-state index contributed by atoms with van der Waals surface area (Å²) < 4.78 is 10.4. The number of urea groups is 1. The highest BCUT2D eigenvalue weighted by atomic mass is 16.5. The summed E-state index contributed by atoms with van der Waals surface area (Å²) in [5.41, 5.74) is 5.02. The Bertz CT molecular complexity index is 1210. The van der Waals surface area contributed by atoms with E-state index in [1.807, 2.05) is 30.3 Å². The number of ether oxygens (including phenoxy) is 2. The van der Waals surface area contributed by atoms with Crippen molar-refractivity contribution >= 4 is 29.0 Å². The van der Waals surface area contributed by atoms with Crippen LogP contribution in [0.3, 0.4) is 0 Å². The van der Waals surface area contributed by atoms with E-state index in [2.05, 4.69) is 39.0 Å². The van der Waals surface area contributed by atoms with Gasteiger partial charge in [-0.2, -0.15) is 0 Å². The van der Waals surface area contributed by atoms with Gasteiger partial charge in [-0.05, 0) is 54.3 Å². The highest BCUT2D eigenvalue weighted by Crippen LogP contribution is 2.30. The van der Waals surface area contributed by atoms with Crippen LogP contribution in [0.2, 0.25) is 0 Å². The second-order valence-electron chi connectivity index (χ2n) is 8.55. The molecule has 3 amide bonds. The summed E-state index contributed by atoms with van der Waals surface area (Å²) in [4.78, 5) is 28.1. The number of anilines is 3. The van der Waals surface area contributed by atoms with E-state index in [4.69, 9.17) is 9.47 Å². The smallest absolute Gasteiger partial charge is 0.323 e. The molecule has 3 aromatic rings. The van der Waals surface area contributed by atoms with E-state index in [1.165, 1.54) is 11.1 Å². The lowest BCUT2D eigenvalue weighted by atomic mass is 9.98. The van der Waals surface area contributed by atoms with Crippen LogP contribution in [0, 0.1) is 0 Å². The first-order valence-corrected chi connectivity index (χ1v) is 12.0. The van der Waals surface area contributed by atoms with Crippen molar-refractivity contribution in [3.63, 3.8) is 0 Å². The van der Waals surface area contributed by atoms with Gasteiger partial charge < -0.3 is 30.3 Å². The number of methoxy groups -OCH3 is 2. The molecule has 1 aliphatic heterocycles. The standard InChI is InChI=1S/C28H32N4O4/c1-35-17-7-15-29-27(33)23-18-22(30-28(34)31-24-10-5-6-11-26(24)36-2)12-13-25(23)32-16-14-20-8-3-4-9-21(20)19-32/h3-6,8-13,18H,7,14-17,19H2,1-2H3,(H,29,33)(H2,30,31,34). The largest absolute Gasteiger partial charge is 0.495 e. The molecule has 0 atom stereocenters. The summed E-state index contributed by atoms with van der Waals surface area (Å²) in [6.07, 6.45) is 1.63. The number of para-hydroxylation sites is 2. The highest BCUT2D eigenvalue weighted by molar-refractivity contribution is 6.04. The van der Waals surface area contributed by atoms with Crippen molar-refractivity contribution < 1.29 is 19.1 Å². The minimum absolute atomic E-state index is 0.186. The lowest BCUT2D eigenvalue weighted by Gasteiger charge is -2.32. The second-order valence-corrected chi connectivity index (χ2v) is 8.55. The Hall–Kier alpha value is -4.04. The predicted molar refractivity (Wildman–Crippen MR) is 142 cm³/mol. The summed E-state index contributed by atoms with van der Waals surface area (Å²) in [6.45, 7) is 2.60. The third-order valence-electron chi connectivity index (χ3n) is 6.14. The number of hydrogen-bond donors (Lipinski definition) is 3. The van der Waals surface area contributed by atoms with Crippen LogP contribution in [0.5, 0.6) is 5.75 Å². The van der Waals surface area contributed by atoms with Crippen molar-refractivity contribution in [2.24, 2.45) is 0 Å². The van der Waals surface area contributed by atoms with Gasteiger partial charge in [-0.3, -0.25) is 4.79 Å². The summed E-state index contributed by atoms with van der Waals surface area (Å²) in [7, 11) is 3.19. The molecule has 8 heteroatoms. The van der Waals surface area contributed by atoms with Crippen LogP contribution in [0.15, 0.2) is 66.7 Å². The average Bonchev–Trinajstić information content (AvgIpc) is 2.91. The zero-order valence-electron chi connectivity index (χ0n) is 20.7. The van der Waals surface area contributed by atoms with Crippen molar-refractivity contribution in [2.45, 2.75) is 19.4 Å².